The van der Waals surface area contributed by atoms with Crippen LogP contribution >= 0.6 is 39.1 Å². The van der Waals surface area contributed by atoms with E-state index in [9.17, 15) is 4.79 Å². The highest BCUT2D eigenvalue weighted by atomic mass is 79.9. The fourth-order valence-corrected chi connectivity index (χ4v) is 2.78. The zero-order chi connectivity index (χ0) is 14.0. The molecule has 0 fully saturated rings. The first kappa shape index (κ1) is 14.3. The summed E-state index contributed by atoms with van der Waals surface area (Å²) < 4.78 is 0.861. The van der Waals surface area contributed by atoms with E-state index in [2.05, 4.69) is 26.2 Å². The highest BCUT2D eigenvalue weighted by Gasteiger charge is 2.12. The van der Waals surface area contributed by atoms with Crippen molar-refractivity contribution in [2.45, 2.75) is 6.92 Å². The molecule has 3 nitrogen and oxygen atoms in total. The second-order valence-corrected chi connectivity index (χ2v) is 5.61. The third kappa shape index (κ3) is 3.47. The lowest BCUT2D eigenvalue weighted by Gasteiger charge is -2.11. The minimum atomic E-state index is -0.281. The molecule has 0 spiro atoms. The molecule has 0 unspecified atom stereocenters. The van der Waals surface area contributed by atoms with E-state index in [4.69, 9.17) is 23.2 Å². The number of nitrogens with zero attached hydrogens (tertiary/aromatic N) is 1. The van der Waals surface area contributed by atoms with Gasteiger partial charge < -0.3 is 5.32 Å². The molecule has 0 atom stereocenters. The van der Waals surface area contributed by atoms with Crippen LogP contribution < -0.4 is 5.32 Å². The van der Waals surface area contributed by atoms with Crippen molar-refractivity contribution in [1.29, 1.82) is 0 Å². The fourth-order valence-electron chi connectivity index (χ4n) is 1.59. The first-order valence-electron chi connectivity index (χ1n) is 5.36. The molecule has 0 aliphatic carbocycles. The van der Waals surface area contributed by atoms with Gasteiger partial charge in [0.05, 0.1) is 10.7 Å². The summed E-state index contributed by atoms with van der Waals surface area (Å²) in [5.41, 5.74) is 1.88. The van der Waals surface area contributed by atoms with Crippen molar-refractivity contribution in [3.8, 4) is 0 Å². The Kier molecular flexibility index (Phi) is 4.45. The van der Waals surface area contributed by atoms with E-state index in [1.165, 1.54) is 12.3 Å². The maximum atomic E-state index is 12.1. The number of nitrogens with one attached hydrogen (secondary N) is 1. The Hall–Kier alpha value is -1.10. The molecule has 98 valence electrons. The number of hydrogen-bond acceptors (Lipinski definition) is 2. The molecule has 0 saturated heterocycles. The van der Waals surface area contributed by atoms with Crippen LogP contribution in [0.1, 0.15) is 15.9 Å². The van der Waals surface area contributed by atoms with Crippen LogP contribution in [0.25, 0.3) is 0 Å². The van der Waals surface area contributed by atoms with Gasteiger partial charge in [-0.05, 0) is 36.8 Å². The molecule has 19 heavy (non-hydrogen) atoms. The number of aromatic nitrogens is 1. The van der Waals surface area contributed by atoms with Crippen molar-refractivity contribution >= 4 is 50.7 Å². The molecule has 0 saturated carbocycles. The van der Waals surface area contributed by atoms with E-state index in [1.54, 1.807) is 12.1 Å². The summed E-state index contributed by atoms with van der Waals surface area (Å²) in [6.07, 6.45) is 1.48. The molecule has 2 aromatic rings. The minimum Gasteiger partial charge on any atom is -0.320 e. The first-order valence-corrected chi connectivity index (χ1v) is 6.91. The summed E-state index contributed by atoms with van der Waals surface area (Å²) in [7, 11) is 0. The molecule has 0 radical (unpaired) electrons. The molecule has 0 aliphatic rings. The molecular formula is C13H9BrCl2N2O. The molecule has 1 amide bonds. The van der Waals surface area contributed by atoms with Crippen molar-refractivity contribution in [3.05, 3.63) is 56.2 Å². The van der Waals surface area contributed by atoms with E-state index in [1.807, 2.05) is 13.0 Å². The lowest BCUT2D eigenvalue weighted by molar-refractivity contribution is 0.102. The Morgan fingerprint density at radius 2 is 2.05 bits per heavy atom. The van der Waals surface area contributed by atoms with Gasteiger partial charge in [0, 0.05) is 16.2 Å². The standard InChI is InChI=1S/C13H9BrCl2N2O/c1-7-4-9(14)6-10(15)12(7)18-13(19)8-2-3-17-11(16)5-8/h2-6H,1H3,(H,18,19). The number of anilines is 1. The van der Waals surface area contributed by atoms with E-state index in [0.717, 1.165) is 10.0 Å². The quantitative estimate of drug-likeness (QED) is 0.789. The van der Waals surface area contributed by atoms with Crippen molar-refractivity contribution < 1.29 is 4.79 Å². The SMILES string of the molecule is Cc1cc(Br)cc(Cl)c1NC(=O)c1ccnc(Cl)c1. The van der Waals surface area contributed by atoms with Crippen LogP contribution in [0.5, 0.6) is 0 Å². The number of carbonyl (C=O) groups is 1. The smallest absolute Gasteiger partial charge is 0.255 e. The van der Waals surface area contributed by atoms with Crippen molar-refractivity contribution in [1.82, 2.24) is 4.98 Å². The van der Waals surface area contributed by atoms with Gasteiger partial charge in [0.2, 0.25) is 0 Å². The number of carbonyl (C=O) groups excluding carboxylic acids is 1. The monoisotopic (exact) mass is 358 g/mol. The predicted molar refractivity (Wildman–Crippen MR) is 81.1 cm³/mol. The average Bonchev–Trinajstić information content (AvgIpc) is 2.33. The van der Waals surface area contributed by atoms with Crippen LogP contribution in [-0.4, -0.2) is 10.9 Å². The molecular weight excluding hydrogens is 351 g/mol. The summed E-state index contributed by atoms with van der Waals surface area (Å²) in [6, 6.07) is 6.69. The van der Waals surface area contributed by atoms with Crippen LogP contribution in [0.3, 0.4) is 0 Å². The second kappa shape index (κ2) is 5.90. The molecule has 0 aliphatic heterocycles. The van der Waals surface area contributed by atoms with Crippen LogP contribution in [0.4, 0.5) is 5.69 Å². The number of benzene rings is 1. The molecule has 1 N–H and O–H groups in total. The maximum absolute atomic E-state index is 12.1. The number of aryl methyl sites for hydroxylation is 1. The van der Waals surface area contributed by atoms with Gasteiger partial charge in [-0.1, -0.05) is 39.1 Å². The Labute approximate surface area is 129 Å². The largest absolute Gasteiger partial charge is 0.320 e. The van der Waals surface area contributed by atoms with Gasteiger partial charge in [-0.25, -0.2) is 4.98 Å². The van der Waals surface area contributed by atoms with Crippen molar-refractivity contribution in [3.63, 3.8) is 0 Å². The molecule has 1 aromatic heterocycles. The third-order valence-electron chi connectivity index (χ3n) is 2.48. The van der Waals surface area contributed by atoms with Gasteiger partial charge >= 0.3 is 0 Å². The van der Waals surface area contributed by atoms with Gasteiger partial charge in [0.1, 0.15) is 5.15 Å². The van der Waals surface area contributed by atoms with E-state index in [-0.39, 0.29) is 11.1 Å². The Bertz CT molecular complexity index is 623. The highest BCUT2D eigenvalue weighted by Crippen LogP contribution is 2.30. The Morgan fingerprint density at radius 3 is 2.68 bits per heavy atom. The maximum Gasteiger partial charge on any atom is 0.255 e. The number of rotatable bonds is 2. The van der Waals surface area contributed by atoms with Gasteiger partial charge in [-0.3, -0.25) is 4.79 Å². The van der Waals surface area contributed by atoms with Gasteiger partial charge in [0.15, 0.2) is 0 Å². The molecule has 1 aromatic carbocycles. The summed E-state index contributed by atoms with van der Waals surface area (Å²) in [6.45, 7) is 1.87. The average molecular weight is 360 g/mol. The summed E-state index contributed by atoms with van der Waals surface area (Å²) in [4.78, 5) is 15.9. The lowest BCUT2D eigenvalue weighted by atomic mass is 10.2. The lowest BCUT2D eigenvalue weighted by Crippen LogP contribution is -2.13. The third-order valence-corrected chi connectivity index (χ3v) is 3.44. The number of amides is 1. The van der Waals surface area contributed by atoms with Crippen LogP contribution in [0, 0.1) is 6.92 Å². The van der Waals surface area contributed by atoms with E-state index < -0.39 is 0 Å². The summed E-state index contributed by atoms with van der Waals surface area (Å²) >= 11 is 15.2. The fraction of sp³-hybridized carbons (Fsp3) is 0.0769. The van der Waals surface area contributed by atoms with E-state index in [0.29, 0.717) is 16.3 Å². The van der Waals surface area contributed by atoms with Gasteiger partial charge in [-0.15, -0.1) is 0 Å². The van der Waals surface area contributed by atoms with Crippen molar-refractivity contribution in [2.75, 3.05) is 5.32 Å². The first-order chi connectivity index (χ1) is 8.97. The molecule has 2 rings (SSSR count). The Balaban J connectivity index is 2.29. The van der Waals surface area contributed by atoms with Gasteiger partial charge in [-0.2, -0.15) is 0 Å². The molecule has 6 heteroatoms. The number of pyridine rings is 1. The predicted octanol–water partition coefficient (Wildman–Crippen LogP) is 4.71. The molecule has 1 heterocycles. The number of hydrogen-bond donors (Lipinski definition) is 1. The summed E-state index contributed by atoms with van der Waals surface area (Å²) in [5.74, 6) is -0.281. The van der Waals surface area contributed by atoms with Crippen LogP contribution in [0.2, 0.25) is 10.2 Å². The summed E-state index contributed by atoms with van der Waals surface area (Å²) in [5, 5.41) is 3.51. The Morgan fingerprint density at radius 1 is 1.32 bits per heavy atom. The zero-order valence-corrected chi connectivity index (χ0v) is 13.0. The topological polar surface area (TPSA) is 42.0 Å². The van der Waals surface area contributed by atoms with Gasteiger partial charge in [0.25, 0.3) is 5.91 Å². The minimum absolute atomic E-state index is 0.270. The highest BCUT2D eigenvalue weighted by molar-refractivity contribution is 9.10. The zero-order valence-electron chi connectivity index (χ0n) is 9.88. The molecule has 0 bridgehead atoms. The van der Waals surface area contributed by atoms with Crippen LogP contribution in [0.15, 0.2) is 34.9 Å². The second-order valence-electron chi connectivity index (χ2n) is 3.90. The van der Waals surface area contributed by atoms with Crippen molar-refractivity contribution in [2.24, 2.45) is 0 Å². The van der Waals surface area contributed by atoms with Crippen LogP contribution in [-0.2, 0) is 0 Å². The normalized spacial score (nSPS) is 10.3. The number of halogens is 3. The van der Waals surface area contributed by atoms with E-state index >= 15 is 0 Å².